The van der Waals surface area contributed by atoms with E-state index in [1.165, 1.54) is 0 Å². The molecule has 0 fully saturated rings. The number of rotatable bonds is 3. The second kappa shape index (κ2) is 5.38. The van der Waals surface area contributed by atoms with Gasteiger partial charge in [-0.15, -0.1) is 0 Å². The van der Waals surface area contributed by atoms with Gasteiger partial charge in [-0.25, -0.2) is 0 Å². The smallest absolute Gasteiger partial charge is 0.137 e. The lowest BCUT2D eigenvalue weighted by atomic mass is 9.99. The van der Waals surface area contributed by atoms with Crippen LogP contribution in [0.1, 0.15) is 22.7 Å². The minimum absolute atomic E-state index is 0.259. The van der Waals surface area contributed by atoms with Gasteiger partial charge in [-0.1, -0.05) is 17.7 Å². The molecule has 0 radical (unpaired) electrons. The molecule has 0 spiro atoms. The van der Waals surface area contributed by atoms with Gasteiger partial charge < -0.3 is 10.5 Å². The highest BCUT2D eigenvalue weighted by Gasteiger charge is 2.11. The van der Waals surface area contributed by atoms with Crippen LogP contribution in [-0.2, 0) is 0 Å². The van der Waals surface area contributed by atoms with Crippen LogP contribution in [0.25, 0.3) is 0 Å². The maximum atomic E-state index is 6.22. The number of ether oxygens (including phenoxy) is 1. The van der Waals surface area contributed by atoms with Gasteiger partial charge in [-0.3, -0.25) is 4.98 Å². The average Bonchev–Trinajstić information content (AvgIpc) is 2.37. The molecule has 0 aliphatic heterocycles. The molecule has 4 heteroatoms. The van der Waals surface area contributed by atoms with E-state index in [1.54, 1.807) is 19.5 Å². The van der Waals surface area contributed by atoms with Crippen LogP contribution in [0.4, 0.5) is 0 Å². The molecule has 0 amide bonds. The van der Waals surface area contributed by atoms with Crippen LogP contribution in [0, 0.1) is 6.92 Å². The fourth-order valence-corrected chi connectivity index (χ4v) is 2.15. The number of nitrogens with zero attached hydrogens (tertiary/aromatic N) is 1. The van der Waals surface area contributed by atoms with Crippen LogP contribution >= 0.6 is 11.6 Å². The summed E-state index contributed by atoms with van der Waals surface area (Å²) in [6.07, 6.45) is 3.39. The average molecular weight is 263 g/mol. The molecule has 0 aliphatic rings. The van der Waals surface area contributed by atoms with E-state index in [1.807, 2.05) is 31.2 Å². The fraction of sp³-hybridized carbons (Fsp3) is 0.214. The minimum Gasteiger partial charge on any atom is -0.495 e. The first-order valence-electron chi connectivity index (χ1n) is 5.62. The van der Waals surface area contributed by atoms with Crippen molar-refractivity contribution in [2.45, 2.75) is 13.0 Å². The number of halogens is 1. The van der Waals surface area contributed by atoms with Crippen molar-refractivity contribution in [3.8, 4) is 5.75 Å². The van der Waals surface area contributed by atoms with Crippen molar-refractivity contribution < 1.29 is 4.74 Å². The lowest BCUT2D eigenvalue weighted by Crippen LogP contribution is -2.12. The summed E-state index contributed by atoms with van der Waals surface area (Å²) >= 11 is 6.04. The Morgan fingerprint density at radius 2 is 1.94 bits per heavy atom. The van der Waals surface area contributed by atoms with Gasteiger partial charge in [0.05, 0.1) is 19.3 Å². The van der Waals surface area contributed by atoms with Gasteiger partial charge in [0, 0.05) is 11.2 Å². The van der Waals surface area contributed by atoms with Gasteiger partial charge in [-0.05, 0) is 41.8 Å². The number of pyridine rings is 1. The first kappa shape index (κ1) is 12.9. The number of aryl methyl sites for hydroxylation is 1. The normalized spacial score (nSPS) is 12.2. The molecule has 2 N–H and O–H groups in total. The highest BCUT2D eigenvalue weighted by Crippen LogP contribution is 2.25. The van der Waals surface area contributed by atoms with Crippen molar-refractivity contribution in [3.63, 3.8) is 0 Å². The highest BCUT2D eigenvalue weighted by molar-refractivity contribution is 6.30. The zero-order valence-corrected chi connectivity index (χ0v) is 11.1. The third kappa shape index (κ3) is 2.81. The number of aromatic nitrogens is 1. The van der Waals surface area contributed by atoms with Crippen molar-refractivity contribution in [3.05, 3.63) is 58.4 Å². The Morgan fingerprint density at radius 3 is 2.61 bits per heavy atom. The molecule has 2 aromatic rings. The molecule has 0 aliphatic carbocycles. The van der Waals surface area contributed by atoms with E-state index in [9.17, 15) is 0 Å². The van der Waals surface area contributed by atoms with Crippen LogP contribution in [0.15, 0.2) is 36.7 Å². The second-order valence-corrected chi connectivity index (χ2v) is 4.63. The Kier molecular flexibility index (Phi) is 3.84. The van der Waals surface area contributed by atoms with Crippen LogP contribution < -0.4 is 10.5 Å². The molecule has 3 nitrogen and oxygen atoms in total. The van der Waals surface area contributed by atoms with Crippen molar-refractivity contribution in [2.24, 2.45) is 5.73 Å². The van der Waals surface area contributed by atoms with E-state index in [0.29, 0.717) is 10.8 Å². The number of hydrogen-bond acceptors (Lipinski definition) is 3. The molecular weight excluding hydrogens is 248 g/mol. The van der Waals surface area contributed by atoms with Gasteiger partial charge in [0.15, 0.2) is 0 Å². The Balaban J connectivity index is 2.37. The van der Waals surface area contributed by atoms with E-state index < -0.39 is 0 Å². The molecule has 1 atom stereocenters. The number of methoxy groups -OCH3 is 1. The van der Waals surface area contributed by atoms with Crippen LogP contribution in [0.5, 0.6) is 5.75 Å². The zero-order chi connectivity index (χ0) is 13.1. The Hall–Kier alpha value is -1.58. The molecule has 1 aromatic heterocycles. The largest absolute Gasteiger partial charge is 0.495 e. The summed E-state index contributed by atoms with van der Waals surface area (Å²) in [5.41, 5.74) is 9.18. The van der Waals surface area contributed by atoms with Crippen LogP contribution in [0.3, 0.4) is 0 Å². The molecule has 18 heavy (non-hydrogen) atoms. The molecule has 0 saturated carbocycles. The summed E-state index contributed by atoms with van der Waals surface area (Å²) in [4.78, 5) is 4.11. The first-order chi connectivity index (χ1) is 8.60. The number of benzene rings is 1. The van der Waals surface area contributed by atoms with E-state index in [-0.39, 0.29) is 6.04 Å². The fourth-order valence-electron chi connectivity index (χ4n) is 1.85. The van der Waals surface area contributed by atoms with E-state index in [4.69, 9.17) is 22.1 Å². The molecule has 2 rings (SSSR count). The predicted molar refractivity (Wildman–Crippen MR) is 73.0 cm³/mol. The molecule has 1 heterocycles. The van der Waals surface area contributed by atoms with Gasteiger partial charge >= 0.3 is 0 Å². The lowest BCUT2D eigenvalue weighted by Gasteiger charge is -2.14. The van der Waals surface area contributed by atoms with Crippen molar-refractivity contribution in [1.82, 2.24) is 4.98 Å². The first-order valence-corrected chi connectivity index (χ1v) is 5.99. The number of nitrogens with two attached hydrogens (primary N) is 1. The summed E-state index contributed by atoms with van der Waals surface area (Å²) in [7, 11) is 1.61. The van der Waals surface area contributed by atoms with Crippen LogP contribution in [-0.4, -0.2) is 12.1 Å². The zero-order valence-electron chi connectivity index (χ0n) is 10.4. The molecule has 1 aromatic carbocycles. The summed E-state index contributed by atoms with van der Waals surface area (Å²) in [5.74, 6) is 0.696. The van der Waals surface area contributed by atoms with Gasteiger partial charge in [0.1, 0.15) is 5.75 Å². The second-order valence-electron chi connectivity index (χ2n) is 4.20. The van der Waals surface area contributed by atoms with Crippen molar-refractivity contribution in [1.29, 1.82) is 0 Å². The molecular formula is C14H15ClN2O. The summed E-state index contributed by atoms with van der Waals surface area (Å²) in [6, 6.07) is 7.43. The lowest BCUT2D eigenvalue weighted by molar-refractivity contribution is 0.412. The molecule has 0 bridgehead atoms. The van der Waals surface area contributed by atoms with Gasteiger partial charge in [-0.2, -0.15) is 0 Å². The maximum Gasteiger partial charge on any atom is 0.137 e. The monoisotopic (exact) mass is 262 g/mol. The third-order valence-corrected chi connectivity index (χ3v) is 2.97. The molecule has 94 valence electrons. The quantitative estimate of drug-likeness (QED) is 0.925. The Morgan fingerprint density at radius 1 is 1.17 bits per heavy atom. The number of hydrogen-bond donors (Lipinski definition) is 1. The molecule has 1 unspecified atom stereocenters. The summed E-state index contributed by atoms with van der Waals surface area (Å²) in [5, 5.41) is 0.691. The van der Waals surface area contributed by atoms with Crippen molar-refractivity contribution >= 4 is 11.6 Å². The van der Waals surface area contributed by atoms with E-state index >= 15 is 0 Å². The maximum absolute atomic E-state index is 6.22. The highest BCUT2D eigenvalue weighted by atomic mass is 35.5. The minimum atomic E-state index is -0.259. The Labute approximate surface area is 112 Å². The summed E-state index contributed by atoms with van der Waals surface area (Å²) < 4.78 is 5.14. The topological polar surface area (TPSA) is 48.1 Å². The Bertz CT molecular complexity index is 537. The predicted octanol–water partition coefficient (Wildman–Crippen LogP) is 3.10. The SMILES string of the molecule is COc1cncc(C(N)c2cc(C)cc(Cl)c2)c1. The van der Waals surface area contributed by atoms with Crippen LogP contribution in [0.2, 0.25) is 5.02 Å². The third-order valence-electron chi connectivity index (χ3n) is 2.75. The van der Waals surface area contributed by atoms with E-state index in [0.717, 1.165) is 16.7 Å². The molecule has 0 saturated heterocycles. The van der Waals surface area contributed by atoms with Gasteiger partial charge in [0.25, 0.3) is 0 Å². The summed E-state index contributed by atoms with van der Waals surface area (Å²) in [6.45, 7) is 1.99. The van der Waals surface area contributed by atoms with E-state index in [2.05, 4.69) is 4.98 Å². The standard InChI is InChI=1S/C14H15ClN2O/c1-9-3-10(5-12(15)4-9)14(16)11-6-13(18-2)8-17-7-11/h3-8,14H,16H2,1-2H3. The van der Waals surface area contributed by atoms with Gasteiger partial charge in [0.2, 0.25) is 0 Å². The van der Waals surface area contributed by atoms with Crippen molar-refractivity contribution in [2.75, 3.05) is 7.11 Å².